The number of halogens is 1. The third kappa shape index (κ3) is 3.18. The molecule has 0 amide bonds. The maximum atomic E-state index is 13.7. The van der Waals surface area contributed by atoms with Crippen LogP contribution in [-0.2, 0) is 7.05 Å². The van der Waals surface area contributed by atoms with Gasteiger partial charge < -0.3 is 13.7 Å². The Hall–Kier alpha value is -2.61. The van der Waals surface area contributed by atoms with Crippen LogP contribution in [0.15, 0.2) is 46.2 Å². The highest BCUT2D eigenvalue weighted by molar-refractivity contribution is 7.99. The van der Waals surface area contributed by atoms with Gasteiger partial charge in [0.05, 0.1) is 19.1 Å². The number of thioether (sulfide) groups is 1. The molecule has 3 aromatic rings. The van der Waals surface area contributed by atoms with Crippen molar-refractivity contribution < 1.29 is 18.3 Å². The van der Waals surface area contributed by atoms with E-state index in [0.717, 1.165) is 0 Å². The molecular weight excluding hydrogens is 333 g/mol. The first-order valence-electron chi connectivity index (χ1n) is 7.03. The Balaban J connectivity index is 1.70. The average Bonchev–Trinajstić information content (AvgIpc) is 3.22. The van der Waals surface area contributed by atoms with Crippen LogP contribution in [0.25, 0.3) is 11.6 Å². The van der Waals surface area contributed by atoms with E-state index in [1.165, 1.54) is 37.1 Å². The van der Waals surface area contributed by atoms with Gasteiger partial charge in [0.1, 0.15) is 0 Å². The highest BCUT2D eigenvalue weighted by Gasteiger charge is 2.16. The van der Waals surface area contributed by atoms with Crippen molar-refractivity contribution in [3.05, 3.63) is 48.0 Å². The van der Waals surface area contributed by atoms with Crippen molar-refractivity contribution in [3.63, 3.8) is 0 Å². The van der Waals surface area contributed by atoms with Gasteiger partial charge in [0.15, 0.2) is 34.1 Å². The van der Waals surface area contributed by atoms with Crippen molar-refractivity contribution in [3.8, 4) is 17.3 Å². The van der Waals surface area contributed by atoms with E-state index in [1.807, 2.05) is 0 Å². The predicted molar refractivity (Wildman–Crippen MR) is 86.7 cm³/mol. The standard InChI is InChI=1S/C16H14FN3O3S/c1-20-15(14-4-3-7-23-14)18-19-16(20)24-9-12(21)10-5-6-13(22-2)11(17)8-10/h3-8H,9H2,1-2H3. The van der Waals surface area contributed by atoms with Gasteiger partial charge in [-0.3, -0.25) is 4.79 Å². The molecule has 0 spiro atoms. The molecule has 24 heavy (non-hydrogen) atoms. The Morgan fingerprint density at radius 3 is 2.88 bits per heavy atom. The maximum absolute atomic E-state index is 13.7. The second-order valence-corrected chi connectivity index (χ2v) is 5.85. The summed E-state index contributed by atoms with van der Waals surface area (Å²) in [4.78, 5) is 12.2. The summed E-state index contributed by atoms with van der Waals surface area (Å²) < 4.78 is 25.6. The first-order chi connectivity index (χ1) is 11.6. The normalized spacial score (nSPS) is 10.8. The first-order valence-corrected chi connectivity index (χ1v) is 8.01. The topological polar surface area (TPSA) is 70.2 Å². The molecule has 3 rings (SSSR count). The summed E-state index contributed by atoms with van der Waals surface area (Å²) in [6, 6.07) is 7.69. The molecule has 0 aliphatic carbocycles. The highest BCUT2D eigenvalue weighted by Crippen LogP contribution is 2.24. The summed E-state index contributed by atoms with van der Waals surface area (Å²) in [5.41, 5.74) is 0.286. The Morgan fingerprint density at radius 2 is 2.21 bits per heavy atom. The maximum Gasteiger partial charge on any atom is 0.200 e. The fourth-order valence-corrected chi connectivity index (χ4v) is 2.92. The SMILES string of the molecule is COc1ccc(C(=O)CSc2nnc(-c3ccco3)n2C)cc1F. The van der Waals surface area contributed by atoms with Crippen LogP contribution in [0.4, 0.5) is 4.39 Å². The van der Waals surface area contributed by atoms with Gasteiger partial charge in [0.2, 0.25) is 0 Å². The second-order valence-electron chi connectivity index (χ2n) is 4.90. The lowest BCUT2D eigenvalue weighted by Crippen LogP contribution is -2.05. The van der Waals surface area contributed by atoms with E-state index in [-0.39, 0.29) is 22.8 Å². The van der Waals surface area contributed by atoms with E-state index in [9.17, 15) is 9.18 Å². The van der Waals surface area contributed by atoms with Crippen LogP contribution in [0.5, 0.6) is 5.75 Å². The molecule has 0 N–H and O–H groups in total. The molecule has 0 atom stereocenters. The number of carbonyl (C=O) groups excluding carboxylic acids is 1. The van der Waals surface area contributed by atoms with Gasteiger partial charge in [-0.1, -0.05) is 11.8 Å². The van der Waals surface area contributed by atoms with E-state index in [1.54, 1.807) is 30.0 Å². The number of nitrogens with zero attached hydrogens (tertiary/aromatic N) is 3. The van der Waals surface area contributed by atoms with Crippen molar-refractivity contribution in [1.82, 2.24) is 14.8 Å². The summed E-state index contributed by atoms with van der Waals surface area (Å²) in [5.74, 6) is 0.633. The lowest BCUT2D eigenvalue weighted by atomic mass is 10.1. The molecule has 0 bridgehead atoms. The number of methoxy groups -OCH3 is 1. The quantitative estimate of drug-likeness (QED) is 0.504. The van der Waals surface area contributed by atoms with Gasteiger partial charge in [-0.25, -0.2) is 4.39 Å². The van der Waals surface area contributed by atoms with Crippen LogP contribution in [-0.4, -0.2) is 33.4 Å². The van der Waals surface area contributed by atoms with E-state index in [4.69, 9.17) is 9.15 Å². The minimum Gasteiger partial charge on any atom is -0.494 e. The van der Waals surface area contributed by atoms with Crippen molar-refractivity contribution >= 4 is 17.5 Å². The average molecular weight is 347 g/mol. The van der Waals surface area contributed by atoms with Gasteiger partial charge in [-0.2, -0.15) is 0 Å². The van der Waals surface area contributed by atoms with Crippen LogP contribution in [0.3, 0.4) is 0 Å². The molecular formula is C16H14FN3O3S. The Kier molecular flexibility index (Phi) is 4.66. The zero-order valence-corrected chi connectivity index (χ0v) is 13.8. The number of hydrogen-bond acceptors (Lipinski definition) is 6. The van der Waals surface area contributed by atoms with Gasteiger partial charge in [0, 0.05) is 12.6 Å². The molecule has 0 radical (unpaired) electrons. The molecule has 6 nitrogen and oxygen atoms in total. The minimum absolute atomic E-state index is 0.107. The van der Waals surface area contributed by atoms with E-state index >= 15 is 0 Å². The summed E-state index contributed by atoms with van der Waals surface area (Å²) in [6.45, 7) is 0. The van der Waals surface area contributed by atoms with Crippen LogP contribution in [0.2, 0.25) is 0 Å². The number of aromatic nitrogens is 3. The van der Waals surface area contributed by atoms with Crippen LogP contribution in [0.1, 0.15) is 10.4 Å². The molecule has 8 heteroatoms. The smallest absolute Gasteiger partial charge is 0.200 e. The Morgan fingerprint density at radius 1 is 1.38 bits per heavy atom. The molecule has 0 aliphatic heterocycles. The predicted octanol–water partition coefficient (Wildman–Crippen LogP) is 3.20. The molecule has 2 aromatic heterocycles. The largest absolute Gasteiger partial charge is 0.494 e. The van der Waals surface area contributed by atoms with Gasteiger partial charge in [-0.15, -0.1) is 10.2 Å². The lowest BCUT2D eigenvalue weighted by molar-refractivity contribution is 0.102. The lowest BCUT2D eigenvalue weighted by Gasteiger charge is -2.05. The van der Waals surface area contributed by atoms with E-state index in [2.05, 4.69) is 10.2 Å². The number of rotatable bonds is 6. The van der Waals surface area contributed by atoms with E-state index < -0.39 is 5.82 Å². The summed E-state index contributed by atoms with van der Waals surface area (Å²) >= 11 is 1.23. The fraction of sp³-hybridized carbons (Fsp3) is 0.188. The molecule has 1 aromatic carbocycles. The third-order valence-corrected chi connectivity index (χ3v) is 4.40. The zero-order valence-electron chi connectivity index (χ0n) is 13.0. The monoisotopic (exact) mass is 347 g/mol. The molecule has 0 aliphatic rings. The number of furan rings is 1. The second kappa shape index (κ2) is 6.88. The van der Waals surface area contributed by atoms with Gasteiger partial charge in [-0.05, 0) is 30.3 Å². The van der Waals surface area contributed by atoms with Gasteiger partial charge in [0.25, 0.3) is 0 Å². The first kappa shape index (κ1) is 16.3. The molecule has 0 unspecified atom stereocenters. The Labute approximate surface area is 141 Å². The zero-order chi connectivity index (χ0) is 17.1. The Bertz CT molecular complexity index is 862. The summed E-state index contributed by atoms with van der Waals surface area (Å²) in [5, 5.41) is 8.68. The molecule has 124 valence electrons. The van der Waals surface area contributed by atoms with Crippen molar-refractivity contribution in [2.24, 2.45) is 7.05 Å². The number of ketones is 1. The number of Topliss-reactive ketones (excluding diaryl/α,β-unsaturated/α-hetero) is 1. The molecule has 0 saturated carbocycles. The number of ether oxygens (including phenoxy) is 1. The summed E-state index contributed by atoms with van der Waals surface area (Å²) in [6.07, 6.45) is 1.55. The number of benzene rings is 1. The molecule has 0 saturated heterocycles. The minimum atomic E-state index is -0.563. The van der Waals surface area contributed by atoms with Gasteiger partial charge >= 0.3 is 0 Å². The fourth-order valence-electron chi connectivity index (χ4n) is 2.11. The van der Waals surface area contributed by atoms with Crippen LogP contribution in [0, 0.1) is 5.82 Å². The highest BCUT2D eigenvalue weighted by atomic mass is 32.2. The number of hydrogen-bond donors (Lipinski definition) is 0. The molecule has 2 heterocycles. The third-order valence-electron chi connectivity index (χ3n) is 3.38. The summed E-state index contributed by atoms with van der Waals surface area (Å²) in [7, 11) is 3.16. The molecule has 0 fully saturated rings. The van der Waals surface area contributed by atoms with Crippen molar-refractivity contribution in [1.29, 1.82) is 0 Å². The van der Waals surface area contributed by atoms with Crippen molar-refractivity contribution in [2.75, 3.05) is 12.9 Å². The van der Waals surface area contributed by atoms with Crippen molar-refractivity contribution in [2.45, 2.75) is 5.16 Å². The van der Waals surface area contributed by atoms with E-state index in [0.29, 0.717) is 16.7 Å². The van der Waals surface area contributed by atoms with Crippen LogP contribution < -0.4 is 4.74 Å². The van der Waals surface area contributed by atoms with Crippen LogP contribution >= 0.6 is 11.8 Å². The number of carbonyl (C=O) groups is 1.